The lowest BCUT2D eigenvalue weighted by atomic mass is 10.1. The number of benzene rings is 1. The third-order valence-corrected chi connectivity index (χ3v) is 5.49. The molecule has 92 valence electrons. The maximum atomic E-state index is 5.88. The molecule has 2 aliphatic rings. The van der Waals surface area contributed by atoms with Crippen LogP contribution in [0.15, 0.2) is 30.3 Å². The molecule has 5 heteroatoms. The van der Waals surface area contributed by atoms with E-state index in [-0.39, 0.29) is 6.10 Å². The molecule has 17 heavy (non-hydrogen) atoms. The number of hydrogen-bond donors (Lipinski definition) is 0. The van der Waals surface area contributed by atoms with E-state index in [2.05, 4.69) is 0 Å². The topological polar surface area (TPSA) is 27.7 Å². The zero-order chi connectivity index (χ0) is 11.7. The molecule has 0 unspecified atom stereocenters. The maximum Gasteiger partial charge on any atom is 0.380 e. The molecule has 3 nitrogen and oxygen atoms in total. The Balaban J connectivity index is 1.72. The molecule has 0 radical (unpaired) electrons. The van der Waals surface area contributed by atoms with Gasteiger partial charge in [-0.15, -0.1) is 0 Å². The van der Waals surface area contributed by atoms with Crippen molar-refractivity contribution in [3.05, 3.63) is 30.3 Å². The summed E-state index contributed by atoms with van der Waals surface area (Å²) in [6.07, 6.45) is 3.73. The van der Waals surface area contributed by atoms with Crippen molar-refractivity contribution in [1.82, 2.24) is 0 Å². The predicted octanol–water partition coefficient (Wildman–Crippen LogP) is 3.51. The van der Waals surface area contributed by atoms with E-state index in [0.29, 0.717) is 12.5 Å². The Labute approximate surface area is 106 Å². The van der Waals surface area contributed by atoms with Gasteiger partial charge < -0.3 is 4.52 Å². The summed E-state index contributed by atoms with van der Waals surface area (Å²) in [5, 5.41) is 0. The van der Waals surface area contributed by atoms with Gasteiger partial charge in [0.05, 0.1) is 12.7 Å². The Morgan fingerprint density at radius 1 is 1.24 bits per heavy atom. The quantitative estimate of drug-likeness (QED) is 0.769. The fourth-order valence-electron chi connectivity index (χ4n) is 2.37. The standard InChI is InChI=1S/C12H15O3PS/c17-16(14-11-6-2-1-3-7-11)13-9-10-5-4-8-12(10)15-16/h1-3,6-7,10,12H,4-5,8-9H2/t10-,12-,16+/m1/s1. The second-order valence-corrected chi connectivity index (χ2v) is 7.37. The van der Waals surface area contributed by atoms with E-state index in [9.17, 15) is 0 Å². The molecule has 1 saturated carbocycles. The molecular formula is C12H15O3PS. The van der Waals surface area contributed by atoms with Crippen molar-refractivity contribution in [1.29, 1.82) is 0 Å². The summed E-state index contributed by atoms with van der Waals surface area (Å²) in [5.74, 6) is 1.25. The van der Waals surface area contributed by atoms with Gasteiger partial charge in [0, 0.05) is 17.7 Å². The van der Waals surface area contributed by atoms with Crippen molar-refractivity contribution in [2.75, 3.05) is 6.61 Å². The van der Waals surface area contributed by atoms with Gasteiger partial charge in [0.25, 0.3) is 0 Å². The van der Waals surface area contributed by atoms with Crippen molar-refractivity contribution >= 4 is 18.5 Å². The van der Waals surface area contributed by atoms with E-state index in [4.69, 9.17) is 25.4 Å². The molecule has 2 fully saturated rings. The molecule has 1 aromatic rings. The highest BCUT2D eigenvalue weighted by Gasteiger charge is 2.40. The third-order valence-electron chi connectivity index (χ3n) is 3.26. The van der Waals surface area contributed by atoms with Gasteiger partial charge in [-0.3, -0.25) is 9.05 Å². The number of hydrogen-bond acceptors (Lipinski definition) is 4. The first-order chi connectivity index (χ1) is 8.25. The minimum atomic E-state index is -2.57. The maximum absolute atomic E-state index is 5.88. The van der Waals surface area contributed by atoms with Crippen LogP contribution in [0.2, 0.25) is 0 Å². The zero-order valence-electron chi connectivity index (χ0n) is 9.45. The highest BCUT2D eigenvalue weighted by molar-refractivity contribution is 8.07. The van der Waals surface area contributed by atoms with E-state index >= 15 is 0 Å². The lowest BCUT2D eigenvalue weighted by Crippen LogP contribution is -2.28. The lowest BCUT2D eigenvalue weighted by Gasteiger charge is -2.33. The van der Waals surface area contributed by atoms with E-state index in [1.165, 1.54) is 12.8 Å². The number of rotatable bonds is 2. The van der Waals surface area contributed by atoms with Crippen LogP contribution in [0.5, 0.6) is 5.75 Å². The van der Waals surface area contributed by atoms with Crippen LogP contribution < -0.4 is 4.52 Å². The van der Waals surface area contributed by atoms with Crippen molar-refractivity contribution in [3.63, 3.8) is 0 Å². The molecule has 1 aliphatic heterocycles. The Morgan fingerprint density at radius 3 is 2.88 bits per heavy atom. The Kier molecular flexibility index (Phi) is 3.22. The summed E-state index contributed by atoms with van der Waals surface area (Å²) in [5.41, 5.74) is 0. The van der Waals surface area contributed by atoms with Crippen LogP contribution in [0, 0.1) is 5.92 Å². The van der Waals surface area contributed by atoms with Crippen LogP contribution in [0.25, 0.3) is 0 Å². The van der Waals surface area contributed by atoms with Gasteiger partial charge in [-0.25, -0.2) is 0 Å². The fourth-order valence-corrected chi connectivity index (χ4v) is 4.67. The molecule has 0 N–H and O–H groups in total. The first-order valence-electron chi connectivity index (χ1n) is 5.93. The lowest BCUT2D eigenvalue weighted by molar-refractivity contribution is 0.0442. The van der Waals surface area contributed by atoms with Gasteiger partial charge >= 0.3 is 6.72 Å². The van der Waals surface area contributed by atoms with Gasteiger partial charge in [0.15, 0.2) is 0 Å². The van der Waals surface area contributed by atoms with E-state index < -0.39 is 6.72 Å². The Morgan fingerprint density at radius 2 is 2.06 bits per heavy atom. The smallest absolute Gasteiger partial charge is 0.380 e. The van der Waals surface area contributed by atoms with Crippen LogP contribution >= 0.6 is 6.72 Å². The second-order valence-electron chi connectivity index (χ2n) is 4.48. The molecular weight excluding hydrogens is 255 g/mol. The van der Waals surface area contributed by atoms with Gasteiger partial charge in [-0.2, -0.15) is 0 Å². The van der Waals surface area contributed by atoms with Crippen LogP contribution in [-0.4, -0.2) is 12.7 Å². The molecule has 3 rings (SSSR count). The molecule has 0 bridgehead atoms. The molecule has 1 saturated heterocycles. The van der Waals surface area contributed by atoms with Crippen LogP contribution in [-0.2, 0) is 20.9 Å². The monoisotopic (exact) mass is 270 g/mol. The third kappa shape index (κ3) is 2.55. The van der Waals surface area contributed by atoms with Crippen molar-refractivity contribution in [2.45, 2.75) is 25.4 Å². The summed E-state index contributed by atoms with van der Waals surface area (Å²) in [4.78, 5) is 0. The van der Waals surface area contributed by atoms with Gasteiger partial charge in [0.2, 0.25) is 0 Å². The highest BCUT2D eigenvalue weighted by atomic mass is 32.5. The molecule has 1 aliphatic carbocycles. The van der Waals surface area contributed by atoms with Crippen molar-refractivity contribution < 1.29 is 13.6 Å². The predicted molar refractivity (Wildman–Crippen MR) is 69.5 cm³/mol. The summed E-state index contributed by atoms with van der Waals surface area (Å²) in [6.45, 7) is -1.88. The Bertz CT molecular complexity index is 437. The van der Waals surface area contributed by atoms with Crippen LogP contribution in [0.1, 0.15) is 19.3 Å². The molecule has 3 atom stereocenters. The van der Waals surface area contributed by atoms with Gasteiger partial charge in [-0.05, 0) is 25.0 Å². The minimum absolute atomic E-state index is 0.248. The average Bonchev–Trinajstić information content (AvgIpc) is 2.76. The largest absolute Gasteiger partial charge is 0.424 e. The summed E-state index contributed by atoms with van der Waals surface area (Å²) in [6, 6.07) is 9.53. The van der Waals surface area contributed by atoms with Crippen molar-refractivity contribution in [3.8, 4) is 5.75 Å². The summed E-state index contributed by atoms with van der Waals surface area (Å²) >= 11 is 5.40. The molecule has 0 spiro atoms. The molecule has 1 heterocycles. The van der Waals surface area contributed by atoms with Gasteiger partial charge in [0.1, 0.15) is 5.75 Å². The number of para-hydroxylation sites is 1. The second kappa shape index (κ2) is 4.69. The summed E-state index contributed by atoms with van der Waals surface area (Å²) < 4.78 is 17.3. The first kappa shape index (κ1) is 11.7. The Hall–Kier alpha value is -0.410. The van der Waals surface area contributed by atoms with E-state index in [0.717, 1.165) is 12.2 Å². The highest BCUT2D eigenvalue weighted by Crippen LogP contribution is 2.57. The fraction of sp³-hybridized carbons (Fsp3) is 0.500. The van der Waals surface area contributed by atoms with E-state index in [1.807, 2.05) is 30.3 Å². The van der Waals surface area contributed by atoms with Crippen LogP contribution in [0.3, 0.4) is 0 Å². The van der Waals surface area contributed by atoms with Crippen LogP contribution in [0.4, 0.5) is 0 Å². The normalized spacial score (nSPS) is 36.5. The SMILES string of the molecule is S=[P@]1(Oc2ccccc2)OC[C@H]2CCC[C@H]2O1. The van der Waals surface area contributed by atoms with Crippen molar-refractivity contribution in [2.24, 2.45) is 5.92 Å². The van der Waals surface area contributed by atoms with Gasteiger partial charge in [-0.1, -0.05) is 24.6 Å². The number of fused-ring (bicyclic) bond motifs is 1. The zero-order valence-corrected chi connectivity index (χ0v) is 11.2. The average molecular weight is 270 g/mol. The summed E-state index contributed by atoms with van der Waals surface area (Å²) in [7, 11) is 0. The van der Waals surface area contributed by atoms with E-state index in [1.54, 1.807) is 0 Å². The minimum Gasteiger partial charge on any atom is -0.424 e. The molecule has 1 aromatic carbocycles. The molecule has 0 amide bonds. The first-order valence-corrected chi connectivity index (χ1v) is 8.48. The molecule has 0 aromatic heterocycles.